The topological polar surface area (TPSA) is 52.6 Å². The molecule has 0 saturated carbocycles. The van der Waals surface area contributed by atoms with Gasteiger partial charge >= 0.3 is 0 Å². The summed E-state index contributed by atoms with van der Waals surface area (Å²) >= 11 is 0. The molecule has 4 aromatic carbocycles. The Balaban J connectivity index is 1.27. The van der Waals surface area contributed by atoms with Crippen molar-refractivity contribution in [2.45, 2.75) is 116 Å². The first-order valence-corrected chi connectivity index (χ1v) is 20.8. The Hall–Kier alpha value is -5.48. The molecule has 0 aliphatic carbocycles. The van der Waals surface area contributed by atoms with E-state index in [4.69, 9.17) is 17.7 Å². The van der Waals surface area contributed by atoms with Crippen molar-refractivity contribution < 1.29 is 17.7 Å². The fraction of sp³-hybridized carbons (Fsp3) is 0.333. The highest BCUT2D eigenvalue weighted by atomic mass is 16.4. The molecule has 3 aliphatic heterocycles. The lowest BCUT2D eigenvalue weighted by Crippen LogP contribution is -2.23. The maximum Gasteiger partial charge on any atom is 0.117 e. The Morgan fingerprint density at radius 3 is 0.586 bits per heavy atom. The van der Waals surface area contributed by atoms with Crippen LogP contribution in [0.15, 0.2) is 139 Å². The van der Waals surface area contributed by atoms with Crippen molar-refractivity contribution in [1.82, 2.24) is 0 Å². The quantitative estimate of drug-likeness (QED) is 0.154. The molecular formula is C54H56O4. The Labute approximate surface area is 343 Å². The van der Waals surface area contributed by atoms with Crippen molar-refractivity contribution in [3.8, 4) is 0 Å². The average Bonchev–Trinajstić information content (AvgIpc) is 4.03. The molecule has 3 aliphatic rings. The van der Waals surface area contributed by atoms with E-state index >= 15 is 0 Å². The van der Waals surface area contributed by atoms with Gasteiger partial charge in [0.05, 0.1) is 10.8 Å². The maximum atomic E-state index is 7.01. The number of hydrogen-bond donors (Lipinski definition) is 0. The summed E-state index contributed by atoms with van der Waals surface area (Å²) < 4.78 is 27.5. The molecule has 0 atom stereocenters. The molecule has 4 aromatic heterocycles. The summed E-state index contributed by atoms with van der Waals surface area (Å²) in [6, 6.07) is 43.8. The number of furan rings is 4. The number of benzene rings is 4. The molecule has 0 amide bonds. The van der Waals surface area contributed by atoms with E-state index in [-0.39, 0.29) is 0 Å². The highest BCUT2D eigenvalue weighted by molar-refractivity contribution is 5.92. The minimum absolute atomic E-state index is 0.419. The molecular weight excluding hydrogens is 713 g/mol. The molecule has 296 valence electrons. The van der Waals surface area contributed by atoms with Gasteiger partial charge < -0.3 is 17.7 Å². The molecule has 7 heterocycles. The van der Waals surface area contributed by atoms with Crippen LogP contribution in [0.25, 0.3) is 21.5 Å². The van der Waals surface area contributed by atoms with Crippen molar-refractivity contribution in [3.63, 3.8) is 0 Å². The van der Waals surface area contributed by atoms with E-state index in [0.717, 1.165) is 46.1 Å². The fourth-order valence-electron chi connectivity index (χ4n) is 9.59. The molecule has 12 bridgehead atoms. The lowest BCUT2D eigenvalue weighted by Gasteiger charge is -2.31. The van der Waals surface area contributed by atoms with Gasteiger partial charge in [-0.3, -0.25) is 0 Å². The third-order valence-electron chi connectivity index (χ3n) is 13.9. The highest BCUT2D eigenvalue weighted by Crippen LogP contribution is 2.48. The maximum absolute atomic E-state index is 7.01. The smallest absolute Gasteiger partial charge is 0.117 e. The SMILES string of the molecule is CC1(C)c2ccc(o2)C(C)(C)c2ccc(o2)C(C)(C)c2ccc(c3ccccc23)C(C)(C)c2ccc(o2)C(C)(C)c2ccc(c3ccccc23)C(C)(C)c2ccc1o2. The van der Waals surface area contributed by atoms with Gasteiger partial charge in [0.25, 0.3) is 0 Å². The van der Waals surface area contributed by atoms with Gasteiger partial charge in [0, 0.05) is 21.7 Å². The summed E-state index contributed by atoms with van der Waals surface area (Å²) in [5.74, 6) is 7.09. The molecule has 58 heavy (non-hydrogen) atoms. The average molecular weight is 769 g/mol. The van der Waals surface area contributed by atoms with Crippen molar-refractivity contribution in [2.75, 3.05) is 0 Å². The third-order valence-corrected chi connectivity index (χ3v) is 13.9. The molecule has 0 saturated heterocycles. The van der Waals surface area contributed by atoms with Gasteiger partial charge in [-0.15, -0.1) is 0 Å². The van der Waals surface area contributed by atoms with Crippen LogP contribution in [0.4, 0.5) is 0 Å². The normalized spacial score (nSPS) is 18.8. The molecule has 0 N–H and O–H groups in total. The zero-order valence-corrected chi connectivity index (χ0v) is 36.2. The zero-order valence-electron chi connectivity index (χ0n) is 36.2. The van der Waals surface area contributed by atoms with Gasteiger partial charge in [0.2, 0.25) is 0 Å². The van der Waals surface area contributed by atoms with Gasteiger partial charge in [-0.05, 0) is 175 Å². The van der Waals surface area contributed by atoms with Gasteiger partial charge in [0.1, 0.15) is 46.1 Å². The van der Waals surface area contributed by atoms with Crippen LogP contribution in [0.3, 0.4) is 0 Å². The second-order valence-corrected chi connectivity index (χ2v) is 19.8. The summed E-state index contributed by atoms with van der Waals surface area (Å²) in [5, 5.41) is 4.83. The standard InChI is InChI=1S/C54H56O4/c1-49(2)37-21-23-39(35-19-15-13-17-33(35)37)51(5,6)43-27-29-45(56-43)53(9,10)47-31-32-48(58-47)54(11,12)46-30-28-44(57-46)52(7,8)40-24-22-38(34-18-14-16-20-36(34)40)50(3,4)42-26-25-41(49)55-42/h13-32H,1-12H3. The van der Waals surface area contributed by atoms with Crippen LogP contribution < -0.4 is 0 Å². The van der Waals surface area contributed by atoms with Gasteiger partial charge in [-0.2, -0.15) is 0 Å². The predicted octanol–water partition coefficient (Wildman–Crippen LogP) is 14.6. The zero-order chi connectivity index (χ0) is 41.2. The summed E-state index contributed by atoms with van der Waals surface area (Å²) in [7, 11) is 0. The van der Waals surface area contributed by atoms with Crippen LogP contribution in [-0.2, 0) is 32.5 Å². The molecule has 4 nitrogen and oxygen atoms in total. The van der Waals surface area contributed by atoms with Gasteiger partial charge in [0.15, 0.2) is 0 Å². The first kappa shape index (κ1) is 38.1. The van der Waals surface area contributed by atoms with Crippen molar-refractivity contribution in [1.29, 1.82) is 0 Å². The van der Waals surface area contributed by atoms with E-state index in [2.05, 4.69) is 204 Å². The lowest BCUT2D eigenvalue weighted by molar-refractivity contribution is 0.296. The largest absolute Gasteiger partial charge is 0.464 e. The number of hydrogen-bond acceptors (Lipinski definition) is 4. The minimum atomic E-state index is -0.524. The summed E-state index contributed by atoms with van der Waals surface area (Å²) in [4.78, 5) is 0. The van der Waals surface area contributed by atoms with Crippen molar-refractivity contribution in [3.05, 3.63) is 190 Å². The summed E-state index contributed by atoms with van der Waals surface area (Å²) in [6.45, 7) is 26.8. The monoisotopic (exact) mass is 768 g/mol. The highest BCUT2D eigenvalue weighted by Gasteiger charge is 2.40. The van der Waals surface area contributed by atoms with Crippen LogP contribution in [0.2, 0.25) is 0 Å². The summed E-state index contributed by atoms with van der Waals surface area (Å²) in [5.41, 5.74) is 2.12. The molecule has 0 fully saturated rings. The molecule has 0 unspecified atom stereocenters. The van der Waals surface area contributed by atoms with Crippen LogP contribution in [0.1, 0.15) is 151 Å². The Morgan fingerprint density at radius 1 is 0.224 bits per heavy atom. The van der Waals surface area contributed by atoms with Crippen LogP contribution >= 0.6 is 0 Å². The first-order valence-electron chi connectivity index (χ1n) is 20.8. The van der Waals surface area contributed by atoms with Crippen LogP contribution in [-0.4, -0.2) is 0 Å². The van der Waals surface area contributed by atoms with E-state index < -0.39 is 32.5 Å². The van der Waals surface area contributed by atoms with Crippen LogP contribution in [0, 0.1) is 0 Å². The van der Waals surface area contributed by atoms with E-state index in [0.29, 0.717) is 0 Å². The molecule has 4 heteroatoms. The predicted molar refractivity (Wildman–Crippen MR) is 235 cm³/mol. The van der Waals surface area contributed by atoms with Crippen molar-refractivity contribution in [2.24, 2.45) is 0 Å². The number of rotatable bonds is 0. The molecule has 11 rings (SSSR count). The second kappa shape index (κ2) is 12.5. The Kier molecular flexibility index (Phi) is 8.21. The Bertz CT molecular complexity index is 2660. The van der Waals surface area contributed by atoms with E-state index in [1.54, 1.807) is 0 Å². The molecule has 8 aromatic rings. The third kappa shape index (κ3) is 5.47. The van der Waals surface area contributed by atoms with Gasteiger partial charge in [-0.1, -0.05) is 72.8 Å². The van der Waals surface area contributed by atoms with Gasteiger partial charge in [-0.25, -0.2) is 0 Å². The fourth-order valence-corrected chi connectivity index (χ4v) is 9.59. The minimum Gasteiger partial charge on any atom is -0.464 e. The lowest BCUT2D eigenvalue weighted by atomic mass is 9.74. The van der Waals surface area contributed by atoms with E-state index in [1.807, 2.05) is 0 Å². The van der Waals surface area contributed by atoms with Crippen LogP contribution in [0.5, 0.6) is 0 Å². The first-order chi connectivity index (χ1) is 27.3. The van der Waals surface area contributed by atoms with Crippen molar-refractivity contribution >= 4 is 21.5 Å². The second-order valence-electron chi connectivity index (χ2n) is 19.8. The molecule has 0 radical (unpaired) electrons. The summed E-state index contributed by atoms with van der Waals surface area (Å²) in [6.07, 6.45) is 0. The van der Waals surface area contributed by atoms with E-state index in [1.165, 1.54) is 43.8 Å². The Morgan fingerprint density at radius 2 is 0.397 bits per heavy atom. The molecule has 0 spiro atoms. The van der Waals surface area contributed by atoms with E-state index in [9.17, 15) is 0 Å².